The number of hydrogen-bond acceptors (Lipinski definition) is 2. The highest BCUT2D eigenvalue weighted by molar-refractivity contribution is 5.99. The smallest absolute Gasteiger partial charge is 0.124 e. The standard InChI is InChI=1S/C12H14FNO.C2H6/c1-4-12(14-15-9(2)3)10-5-7-11(13)8-6-10;1-2/h5-8H,2,4H2,1,3H3;1-2H3/b14-12+;. The molecule has 0 aliphatic rings. The van der Waals surface area contributed by atoms with Crippen LogP contribution in [-0.4, -0.2) is 5.71 Å². The predicted molar refractivity (Wildman–Crippen MR) is 70.5 cm³/mol. The highest BCUT2D eigenvalue weighted by Crippen LogP contribution is 2.08. The van der Waals surface area contributed by atoms with Gasteiger partial charge in [-0.2, -0.15) is 0 Å². The van der Waals surface area contributed by atoms with Crippen molar-refractivity contribution in [2.45, 2.75) is 34.1 Å². The van der Waals surface area contributed by atoms with Crippen molar-refractivity contribution < 1.29 is 9.23 Å². The molecule has 0 unspecified atom stereocenters. The van der Waals surface area contributed by atoms with Crippen LogP contribution in [0.25, 0.3) is 0 Å². The van der Waals surface area contributed by atoms with E-state index in [1.54, 1.807) is 19.1 Å². The quantitative estimate of drug-likeness (QED) is 0.428. The van der Waals surface area contributed by atoms with Crippen LogP contribution in [0.1, 0.15) is 39.7 Å². The Labute approximate surface area is 103 Å². The van der Waals surface area contributed by atoms with E-state index in [9.17, 15) is 4.39 Å². The van der Waals surface area contributed by atoms with Crippen LogP contribution >= 0.6 is 0 Å². The lowest BCUT2D eigenvalue weighted by Crippen LogP contribution is -2.00. The second kappa shape index (κ2) is 8.50. The summed E-state index contributed by atoms with van der Waals surface area (Å²) in [5.74, 6) is 0.276. The van der Waals surface area contributed by atoms with Crippen molar-refractivity contribution in [3.63, 3.8) is 0 Å². The van der Waals surface area contributed by atoms with Gasteiger partial charge >= 0.3 is 0 Å². The third-order valence-electron chi connectivity index (χ3n) is 1.82. The predicted octanol–water partition coefficient (Wildman–Crippen LogP) is 4.52. The van der Waals surface area contributed by atoms with Crippen LogP contribution in [0.3, 0.4) is 0 Å². The van der Waals surface area contributed by atoms with E-state index in [1.165, 1.54) is 12.1 Å². The molecule has 0 spiro atoms. The van der Waals surface area contributed by atoms with E-state index in [0.717, 1.165) is 17.7 Å². The monoisotopic (exact) mass is 237 g/mol. The molecule has 1 aromatic carbocycles. The number of nitrogens with zero attached hydrogens (tertiary/aromatic N) is 1. The zero-order valence-corrected chi connectivity index (χ0v) is 11.0. The minimum atomic E-state index is -0.255. The van der Waals surface area contributed by atoms with Crippen LogP contribution in [0.5, 0.6) is 0 Å². The molecule has 0 amide bonds. The van der Waals surface area contributed by atoms with E-state index < -0.39 is 0 Å². The van der Waals surface area contributed by atoms with Gasteiger partial charge in [0.15, 0.2) is 0 Å². The first kappa shape index (κ1) is 15.4. The highest BCUT2D eigenvalue weighted by Gasteiger charge is 2.02. The molecule has 0 aromatic heterocycles. The first-order chi connectivity index (χ1) is 8.13. The topological polar surface area (TPSA) is 21.6 Å². The Balaban J connectivity index is 0.00000121. The van der Waals surface area contributed by atoms with Crippen molar-refractivity contribution in [1.29, 1.82) is 0 Å². The molecule has 17 heavy (non-hydrogen) atoms. The molecule has 3 heteroatoms. The second-order valence-corrected chi connectivity index (χ2v) is 3.19. The first-order valence-corrected chi connectivity index (χ1v) is 5.78. The lowest BCUT2D eigenvalue weighted by molar-refractivity contribution is 0.231. The maximum Gasteiger partial charge on any atom is 0.124 e. The number of benzene rings is 1. The third-order valence-corrected chi connectivity index (χ3v) is 1.82. The van der Waals surface area contributed by atoms with Gasteiger partial charge in [-0.3, -0.25) is 0 Å². The Morgan fingerprint density at radius 2 is 1.82 bits per heavy atom. The molecule has 0 saturated heterocycles. The van der Waals surface area contributed by atoms with Gasteiger partial charge in [0.25, 0.3) is 0 Å². The molecule has 0 N–H and O–H groups in total. The lowest BCUT2D eigenvalue weighted by Gasteiger charge is -2.03. The van der Waals surface area contributed by atoms with Crippen LogP contribution < -0.4 is 0 Å². The number of allylic oxidation sites excluding steroid dienone is 1. The van der Waals surface area contributed by atoms with Crippen molar-refractivity contribution >= 4 is 5.71 Å². The Hall–Kier alpha value is -1.64. The van der Waals surface area contributed by atoms with Gasteiger partial charge in [0.2, 0.25) is 0 Å². The van der Waals surface area contributed by atoms with E-state index in [4.69, 9.17) is 4.84 Å². The van der Waals surface area contributed by atoms with E-state index in [-0.39, 0.29) is 5.82 Å². The first-order valence-electron chi connectivity index (χ1n) is 5.78. The number of rotatable bonds is 4. The minimum absolute atomic E-state index is 0.255. The van der Waals surface area contributed by atoms with E-state index in [1.807, 2.05) is 20.8 Å². The molecule has 2 nitrogen and oxygen atoms in total. The molecule has 0 radical (unpaired) electrons. The van der Waals surface area contributed by atoms with Gasteiger partial charge < -0.3 is 4.84 Å². The summed E-state index contributed by atoms with van der Waals surface area (Å²) in [6, 6.07) is 6.17. The number of hydrogen-bond donors (Lipinski definition) is 0. The van der Waals surface area contributed by atoms with Gasteiger partial charge in [-0.05, 0) is 31.0 Å². The zero-order chi connectivity index (χ0) is 13.3. The van der Waals surface area contributed by atoms with Crippen LogP contribution in [0, 0.1) is 5.82 Å². The molecule has 0 bridgehead atoms. The summed E-state index contributed by atoms with van der Waals surface area (Å²) in [6.07, 6.45) is 0.721. The zero-order valence-electron chi connectivity index (χ0n) is 11.0. The maximum atomic E-state index is 12.7. The highest BCUT2D eigenvalue weighted by atomic mass is 19.1. The van der Waals surface area contributed by atoms with Gasteiger partial charge in [0.1, 0.15) is 11.6 Å². The van der Waals surface area contributed by atoms with Crippen molar-refractivity contribution in [2.75, 3.05) is 0 Å². The van der Waals surface area contributed by atoms with E-state index >= 15 is 0 Å². The molecule has 0 heterocycles. The Bertz CT molecular complexity index is 368. The minimum Gasteiger partial charge on any atom is -0.362 e. The third kappa shape index (κ3) is 5.85. The summed E-state index contributed by atoms with van der Waals surface area (Å²) in [6.45, 7) is 11.3. The van der Waals surface area contributed by atoms with Crippen LogP contribution in [-0.2, 0) is 4.84 Å². The summed E-state index contributed by atoms with van der Waals surface area (Å²) < 4.78 is 12.7. The average molecular weight is 237 g/mol. The van der Waals surface area contributed by atoms with Crippen molar-refractivity contribution in [2.24, 2.45) is 5.16 Å². The van der Waals surface area contributed by atoms with Gasteiger partial charge in [-0.25, -0.2) is 4.39 Å². The fourth-order valence-electron chi connectivity index (χ4n) is 1.10. The van der Waals surface area contributed by atoms with E-state index in [0.29, 0.717) is 5.76 Å². The number of oxime groups is 1. The Morgan fingerprint density at radius 1 is 1.29 bits per heavy atom. The van der Waals surface area contributed by atoms with Gasteiger partial charge in [-0.1, -0.05) is 44.6 Å². The maximum absolute atomic E-state index is 12.7. The van der Waals surface area contributed by atoms with Crippen molar-refractivity contribution in [3.8, 4) is 0 Å². The molecule has 0 aliphatic carbocycles. The molecule has 0 aliphatic heterocycles. The molecule has 94 valence electrons. The van der Waals surface area contributed by atoms with Crippen LogP contribution in [0.15, 0.2) is 41.8 Å². The van der Waals surface area contributed by atoms with Crippen molar-refractivity contribution in [3.05, 3.63) is 48.0 Å². The average Bonchev–Trinajstić information content (AvgIpc) is 2.34. The van der Waals surface area contributed by atoms with E-state index in [2.05, 4.69) is 11.7 Å². The molecule has 1 aromatic rings. The normalized spacial score (nSPS) is 10.3. The van der Waals surface area contributed by atoms with Crippen LogP contribution in [0.2, 0.25) is 0 Å². The summed E-state index contributed by atoms with van der Waals surface area (Å²) in [5, 5.41) is 3.94. The summed E-state index contributed by atoms with van der Waals surface area (Å²) in [4.78, 5) is 4.98. The Kier molecular flexibility index (Phi) is 7.68. The Morgan fingerprint density at radius 3 is 2.24 bits per heavy atom. The fourth-order valence-corrected chi connectivity index (χ4v) is 1.10. The molecule has 0 saturated carbocycles. The summed E-state index contributed by atoms with van der Waals surface area (Å²) in [5.41, 5.74) is 1.64. The molecule has 1 rings (SSSR count). The molecule has 0 atom stereocenters. The fraction of sp³-hybridized carbons (Fsp3) is 0.357. The largest absolute Gasteiger partial charge is 0.362 e. The summed E-state index contributed by atoms with van der Waals surface area (Å²) in [7, 11) is 0. The molecular formula is C14H20FNO. The lowest BCUT2D eigenvalue weighted by atomic mass is 10.1. The van der Waals surface area contributed by atoms with Crippen molar-refractivity contribution in [1.82, 2.24) is 0 Å². The summed E-state index contributed by atoms with van der Waals surface area (Å²) >= 11 is 0. The molecular weight excluding hydrogens is 217 g/mol. The SMILES string of the molecule is C=C(C)O/N=C(\CC)c1ccc(F)cc1.CC. The van der Waals surface area contributed by atoms with Gasteiger partial charge in [0, 0.05) is 0 Å². The van der Waals surface area contributed by atoms with Gasteiger partial charge in [-0.15, -0.1) is 0 Å². The van der Waals surface area contributed by atoms with Crippen LogP contribution in [0.4, 0.5) is 4.39 Å². The molecule has 0 fully saturated rings. The second-order valence-electron chi connectivity index (χ2n) is 3.19. The number of halogens is 1. The van der Waals surface area contributed by atoms with Gasteiger partial charge in [0.05, 0.1) is 5.71 Å².